The van der Waals surface area contributed by atoms with Gasteiger partial charge in [-0.05, 0) is 49.6 Å². The van der Waals surface area contributed by atoms with E-state index < -0.39 is 0 Å². The molecule has 0 spiro atoms. The molecule has 0 bridgehead atoms. The summed E-state index contributed by atoms with van der Waals surface area (Å²) in [6.07, 6.45) is 0. The lowest BCUT2D eigenvalue weighted by Crippen LogP contribution is -2.36. The average molecular weight is 390 g/mol. The van der Waals surface area contributed by atoms with Crippen molar-refractivity contribution in [2.24, 2.45) is 0 Å². The predicted octanol–water partition coefficient (Wildman–Crippen LogP) is 2.92. The zero-order valence-electron chi connectivity index (χ0n) is 15.6. The fourth-order valence-corrected chi connectivity index (χ4v) is 2.97. The van der Waals surface area contributed by atoms with Crippen molar-refractivity contribution in [1.29, 1.82) is 0 Å². The number of anilines is 2. The van der Waals surface area contributed by atoms with Crippen molar-refractivity contribution >= 4 is 34.8 Å². The number of halogens is 1. The van der Waals surface area contributed by atoms with Crippen molar-refractivity contribution in [1.82, 2.24) is 5.32 Å². The van der Waals surface area contributed by atoms with Crippen molar-refractivity contribution in [2.75, 3.05) is 23.7 Å². The summed E-state index contributed by atoms with van der Waals surface area (Å²) in [5, 5.41) is 17.9. The Morgan fingerprint density at radius 3 is 2.30 bits per heavy atom. The Labute approximate surface area is 163 Å². The molecule has 144 valence electrons. The number of hydrogen-bond acceptors (Lipinski definition) is 4. The molecule has 2 aromatic rings. The highest BCUT2D eigenvalue weighted by Crippen LogP contribution is 2.23. The van der Waals surface area contributed by atoms with Crippen LogP contribution in [0.5, 0.6) is 0 Å². The maximum Gasteiger partial charge on any atom is 0.243 e. The van der Waals surface area contributed by atoms with Crippen LogP contribution in [0.4, 0.5) is 11.4 Å². The molecule has 0 heterocycles. The number of aliphatic hydroxyl groups is 1. The molecule has 4 N–H and O–H groups in total. The second kappa shape index (κ2) is 9.39. The number of hydrogen-bond donors (Lipinski definition) is 4. The number of aliphatic hydroxyl groups excluding tert-OH is 1. The molecule has 2 rings (SSSR count). The maximum absolute atomic E-state index is 12.1. The molecule has 0 aliphatic carbocycles. The van der Waals surface area contributed by atoms with Crippen LogP contribution in [0, 0.1) is 20.8 Å². The number of aryl methyl sites for hydroxylation is 3. The van der Waals surface area contributed by atoms with E-state index in [1.165, 1.54) is 0 Å². The third-order valence-electron chi connectivity index (χ3n) is 4.04. The fourth-order valence-electron chi connectivity index (χ4n) is 2.78. The molecule has 0 aliphatic heterocycles. The summed E-state index contributed by atoms with van der Waals surface area (Å²) in [6, 6.07) is 9.01. The first-order chi connectivity index (χ1) is 12.8. The van der Waals surface area contributed by atoms with E-state index in [4.69, 9.17) is 16.7 Å². The van der Waals surface area contributed by atoms with E-state index in [0.717, 1.165) is 22.4 Å². The Bertz CT molecular complexity index is 829. The van der Waals surface area contributed by atoms with Crippen LogP contribution in [0.1, 0.15) is 22.3 Å². The Morgan fingerprint density at radius 2 is 1.67 bits per heavy atom. The monoisotopic (exact) mass is 389 g/mol. The van der Waals surface area contributed by atoms with Gasteiger partial charge in [0.1, 0.15) is 0 Å². The first kappa shape index (κ1) is 20.7. The minimum absolute atomic E-state index is 0.0372. The molecule has 2 aromatic carbocycles. The molecule has 27 heavy (non-hydrogen) atoms. The van der Waals surface area contributed by atoms with Crippen molar-refractivity contribution < 1.29 is 14.7 Å². The van der Waals surface area contributed by atoms with Gasteiger partial charge in [0, 0.05) is 5.69 Å². The number of nitrogens with one attached hydrogen (secondary N) is 3. The number of amides is 2. The van der Waals surface area contributed by atoms with Crippen LogP contribution in [0.3, 0.4) is 0 Å². The molecule has 0 aliphatic rings. The van der Waals surface area contributed by atoms with Gasteiger partial charge in [0.25, 0.3) is 0 Å². The molecule has 0 fully saturated rings. The molecule has 0 saturated carbocycles. The summed E-state index contributed by atoms with van der Waals surface area (Å²) in [5.41, 5.74) is 5.09. The minimum atomic E-state index is -0.340. The molecule has 2 amide bonds. The van der Waals surface area contributed by atoms with E-state index in [9.17, 15) is 9.59 Å². The van der Waals surface area contributed by atoms with Gasteiger partial charge in [0.15, 0.2) is 0 Å². The lowest BCUT2D eigenvalue weighted by atomic mass is 10.1. The van der Waals surface area contributed by atoms with Crippen molar-refractivity contribution in [3.63, 3.8) is 0 Å². The molecule has 6 nitrogen and oxygen atoms in total. The van der Waals surface area contributed by atoms with Gasteiger partial charge in [-0.3, -0.25) is 9.59 Å². The number of benzene rings is 2. The molecule has 0 aromatic heterocycles. The van der Waals surface area contributed by atoms with Gasteiger partial charge < -0.3 is 21.1 Å². The third-order valence-corrected chi connectivity index (χ3v) is 4.37. The Morgan fingerprint density at radius 1 is 1.00 bits per heavy atom. The average Bonchev–Trinajstić information content (AvgIpc) is 2.62. The lowest BCUT2D eigenvalue weighted by molar-refractivity contribution is -0.122. The maximum atomic E-state index is 12.1. The topological polar surface area (TPSA) is 90.5 Å². The molecule has 0 atom stereocenters. The fraction of sp³-hybridized carbons (Fsp3) is 0.300. The Kier molecular flexibility index (Phi) is 7.21. The van der Waals surface area contributed by atoms with E-state index >= 15 is 0 Å². The van der Waals surface area contributed by atoms with E-state index in [0.29, 0.717) is 16.3 Å². The van der Waals surface area contributed by atoms with Crippen LogP contribution in [-0.4, -0.2) is 30.0 Å². The number of rotatable bonds is 7. The summed E-state index contributed by atoms with van der Waals surface area (Å²) < 4.78 is 0. The molecule has 0 radical (unpaired) electrons. The Balaban J connectivity index is 1.84. The van der Waals surface area contributed by atoms with Gasteiger partial charge in [-0.25, -0.2) is 0 Å². The first-order valence-corrected chi connectivity index (χ1v) is 8.95. The largest absolute Gasteiger partial charge is 0.392 e. The van der Waals surface area contributed by atoms with E-state index in [2.05, 4.69) is 16.0 Å². The van der Waals surface area contributed by atoms with Gasteiger partial charge in [0.05, 0.1) is 30.4 Å². The molecular weight excluding hydrogens is 366 g/mol. The number of carbonyl (C=O) groups is 2. The highest BCUT2D eigenvalue weighted by Gasteiger charge is 2.10. The van der Waals surface area contributed by atoms with Crippen LogP contribution < -0.4 is 16.0 Å². The lowest BCUT2D eigenvalue weighted by Gasteiger charge is -2.13. The van der Waals surface area contributed by atoms with E-state index in [-0.39, 0.29) is 31.5 Å². The molecule has 7 heteroatoms. The zero-order chi connectivity index (χ0) is 20.0. The predicted molar refractivity (Wildman–Crippen MR) is 108 cm³/mol. The minimum Gasteiger partial charge on any atom is -0.392 e. The van der Waals surface area contributed by atoms with E-state index in [1.54, 1.807) is 18.2 Å². The summed E-state index contributed by atoms with van der Waals surface area (Å²) in [7, 11) is 0. The van der Waals surface area contributed by atoms with Crippen LogP contribution in [0.15, 0.2) is 30.3 Å². The van der Waals surface area contributed by atoms with Gasteiger partial charge >= 0.3 is 0 Å². The van der Waals surface area contributed by atoms with E-state index in [1.807, 2.05) is 32.9 Å². The van der Waals surface area contributed by atoms with Crippen molar-refractivity contribution in [3.05, 3.63) is 57.6 Å². The van der Waals surface area contributed by atoms with Crippen molar-refractivity contribution in [3.8, 4) is 0 Å². The van der Waals surface area contributed by atoms with Crippen LogP contribution in [-0.2, 0) is 16.2 Å². The summed E-state index contributed by atoms with van der Waals surface area (Å²) >= 11 is 6.06. The quantitative estimate of drug-likeness (QED) is 0.586. The Hall–Kier alpha value is -2.57. The molecular formula is C20H24ClN3O3. The smallest absolute Gasteiger partial charge is 0.243 e. The highest BCUT2D eigenvalue weighted by molar-refractivity contribution is 6.33. The van der Waals surface area contributed by atoms with Gasteiger partial charge in [0.2, 0.25) is 11.8 Å². The zero-order valence-corrected chi connectivity index (χ0v) is 16.4. The summed E-state index contributed by atoms with van der Waals surface area (Å²) in [4.78, 5) is 24.1. The molecule has 0 saturated heterocycles. The first-order valence-electron chi connectivity index (χ1n) is 8.57. The van der Waals surface area contributed by atoms with Crippen molar-refractivity contribution in [2.45, 2.75) is 27.4 Å². The van der Waals surface area contributed by atoms with Gasteiger partial charge in [-0.2, -0.15) is 0 Å². The van der Waals surface area contributed by atoms with Gasteiger partial charge in [-0.1, -0.05) is 35.4 Å². The van der Waals surface area contributed by atoms with Crippen LogP contribution in [0.25, 0.3) is 0 Å². The summed E-state index contributed by atoms with van der Waals surface area (Å²) in [6.45, 7) is 5.59. The number of carbonyl (C=O) groups excluding carboxylic acids is 2. The van der Waals surface area contributed by atoms with Crippen LogP contribution >= 0.6 is 11.6 Å². The normalized spacial score (nSPS) is 10.4. The second-order valence-electron chi connectivity index (χ2n) is 6.42. The summed E-state index contributed by atoms with van der Waals surface area (Å²) in [5.74, 6) is -0.633. The third kappa shape index (κ3) is 5.98. The second-order valence-corrected chi connectivity index (χ2v) is 6.83. The van der Waals surface area contributed by atoms with Crippen LogP contribution in [0.2, 0.25) is 5.02 Å². The standard InChI is InChI=1S/C20H24ClN3O3/c1-12-6-13(2)20(14(3)7-12)24-19(27)10-23-18(26)9-22-17-8-15(11-25)4-5-16(17)21/h4-8,22,25H,9-11H2,1-3H3,(H,23,26)(H,24,27). The SMILES string of the molecule is Cc1cc(C)c(NC(=O)CNC(=O)CNc2cc(CO)ccc2Cl)c(C)c1. The highest BCUT2D eigenvalue weighted by atomic mass is 35.5. The molecule has 0 unspecified atom stereocenters. The van der Waals surface area contributed by atoms with Gasteiger partial charge in [-0.15, -0.1) is 0 Å².